The molecule has 3 rings (SSSR count). The van der Waals surface area contributed by atoms with Crippen LogP contribution in [0.5, 0.6) is 0 Å². The molecule has 2 aliphatic heterocycles. The zero-order valence-corrected chi connectivity index (χ0v) is 18.5. The van der Waals surface area contributed by atoms with Gasteiger partial charge in [-0.15, -0.1) is 0 Å². The summed E-state index contributed by atoms with van der Waals surface area (Å²) in [6.45, 7) is 6.90. The first kappa shape index (κ1) is 22.2. The molecule has 2 fully saturated rings. The van der Waals surface area contributed by atoms with Crippen molar-refractivity contribution in [2.75, 3.05) is 39.3 Å². The number of benzene rings is 1. The highest BCUT2D eigenvalue weighted by Gasteiger charge is 2.27. The summed E-state index contributed by atoms with van der Waals surface area (Å²) >= 11 is 0. The van der Waals surface area contributed by atoms with Crippen LogP contribution in [0.4, 0.5) is 0 Å². The zero-order chi connectivity index (χ0) is 20.7. The van der Waals surface area contributed by atoms with Gasteiger partial charge in [-0.3, -0.25) is 4.79 Å². The third-order valence-electron chi connectivity index (χ3n) is 6.04. The third-order valence-corrected chi connectivity index (χ3v) is 7.94. The van der Waals surface area contributed by atoms with E-state index in [0.29, 0.717) is 25.2 Å². The Hall–Kier alpha value is -1.44. The lowest BCUT2D eigenvalue weighted by atomic mass is 10.1. The number of carbonyl (C=O) groups excluding carboxylic acids is 1. The average molecular weight is 422 g/mol. The van der Waals surface area contributed by atoms with Crippen molar-refractivity contribution in [3.63, 3.8) is 0 Å². The molecule has 162 valence electrons. The number of sulfonamides is 1. The molecule has 0 saturated carbocycles. The fourth-order valence-electron chi connectivity index (χ4n) is 4.22. The molecular weight excluding hydrogens is 386 g/mol. The van der Waals surface area contributed by atoms with Crippen LogP contribution in [0, 0.1) is 6.92 Å². The van der Waals surface area contributed by atoms with E-state index in [1.165, 1.54) is 25.7 Å². The lowest BCUT2D eigenvalue weighted by molar-refractivity contribution is 0.0951. The predicted molar refractivity (Wildman–Crippen MR) is 116 cm³/mol. The molecule has 0 unspecified atom stereocenters. The van der Waals surface area contributed by atoms with E-state index in [0.717, 1.165) is 50.9 Å². The minimum absolute atomic E-state index is 0.186. The molecule has 2 heterocycles. The summed E-state index contributed by atoms with van der Waals surface area (Å²) in [7, 11) is -3.53. The number of aryl methyl sites for hydroxylation is 1. The van der Waals surface area contributed by atoms with Gasteiger partial charge in [0.1, 0.15) is 0 Å². The van der Waals surface area contributed by atoms with E-state index < -0.39 is 10.0 Å². The Kier molecular flexibility index (Phi) is 8.09. The maximum absolute atomic E-state index is 12.9. The van der Waals surface area contributed by atoms with Crippen molar-refractivity contribution in [1.29, 1.82) is 0 Å². The molecule has 2 saturated heterocycles. The highest BCUT2D eigenvalue weighted by molar-refractivity contribution is 7.89. The smallest absolute Gasteiger partial charge is 0.251 e. The van der Waals surface area contributed by atoms with Crippen LogP contribution in [0.15, 0.2) is 23.1 Å². The molecule has 0 radical (unpaired) electrons. The van der Waals surface area contributed by atoms with Crippen molar-refractivity contribution in [2.24, 2.45) is 0 Å². The minimum atomic E-state index is -3.53. The molecule has 1 N–H and O–H groups in total. The number of hydrogen-bond acceptors (Lipinski definition) is 4. The van der Waals surface area contributed by atoms with Crippen molar-refractivity contribution in [3.8, 4) is 0 Å². The van der Waals surface area contributed by atoms with Gasteiger partial charge < -0.3 is 10.2 Å². The van der Waals surface area contributed by atoms with Gasteiger partial charge in [-0.2, -0.15) is 4.31 Å². The fraction of sp³-hybridized carbons (Fsp3) is 0.682. The Morgan fingerprint density at radius 2 is 1.59 bits per heavy atom. The van der Waals surface area contributed by atoms with E-state index in [9.17, 15) is 13.2 Å². The highest BCUT2D eigenvalue weighted by Crippen LogP contribution is 2.23. The van der Waals surface area contributed by atoms with Gasteiger partial charge in [0.25, 0.3) is 5.91 Å². The Labute approximate surface area is 175 Å². The summed E-state index contributed by atoms with van der Waals surface area (Å²) in [5.74, 6) is -0.186. The molecular formula is C22H35N3O3S. The van der Waals surface area contributed by atoms with Gasteiger partial charge in [-0.05, 0) is 76.4 Å². The highest BCUT2D eigenvalue weighted by atomic mass is 32.2. The number of nitrogens with one attached hydrogen (secondary N) is 1. The second-order valence-corrected chi connectivity index (χ2v) is 10.2. The molecule has 0 aliphatic carbocycles. The fourth-order valence-corrected chi connectivity index (χ4v) is 5.76. The van der Waals surface area contributed by atoms with Gasteiger partial charge in [0, 0.05) is 25.2 Å². The maximum atomic E-state index is 12.9. The Bertz CT molecular complexity index is 780. The second kappa shape index (κ2) is 10.5. The predicted octanol–water partition coefficient (Wildman–Crippen LogP) is 3.17. The second-order valence-electron chi connectivity index (χ2n) is 8.31. The number of nitrogens with zero attached hydrogens (tertiary/aromatic N) is 2. The normalized spacial score (nSPS) is 19.6. The van der Waals surface area contributed by atoms with Crippen molar-refractivity contribution in [2.45, 2.75) is 63.2 Å². The number of hydrogen-bond donors (Lipinski definition) is 1. The van der Waals surface area contributed by atoms with Crippen LogP contribution in [-0.4, -0.2) is 62.8 Å². The largest absolute Gasteiger partial charge is 0.352 e. The summed E-state index contributed by atoms with van der Waals surface area (Å²) in [5, 5.41) is 2.98. The summed E-state index contributed by atoms with van der Waals surface area (Å²) in [6.07, 6.45) is 8.96. The van der Waals surface area contributed by atoms with E-state index in [-0.39, 0.29) is 10.8 Å². The monoisotopic (exact) mass is 421 g/mol. The van der Waals surface area contributed by atoms with Gasteiger partial charge in [-0.25, -0.2) is 8.42 Å². The maximum Gasteiger partial charge on any atom is 0.251 e. The molecule has 1 amide bonds. The van der Waals surface area contributed by atoms with Gasteiger partial charge in [-0.1, -0.05) is 25.3 Å². The van der Waals surface area contributed by atoms with Crippen molar-refractivity contribution in [3.05, 3.63) is 29.3 Å². The van der Waals surface area contributed by atoms with Gasteiger partial charge >= 0.3 is 0 Å². The van der Waals surface area contributed by atoms with Crippen molar-refractivity contribution < 1.29 is 13.2 Å². The summed E-state index contributed by atoms with van der Waals surface area (Å²) in [4.78, 5) is 15.4. The number of rotatable bonds is 7. The molecule has 0 spiro atoms. The van der Waals surface area contributed by atoms with Crippen molar-refractivity contribution in [1.82, 2.24) is 14.5 Å². The van der Waals surface area contributed by atoms with Gasteiger partial charge in [0.15, 0.2) is 0 Å². The number of piperidine rings is 1. The topological polar surface area (TPSA) is 69.7 Å². The standard InChI is InChI=1S/C22H35N3O3S/c1-19-10-11-20(29(27,28)25-16-7-4-8-17-25)18-21(19)22(26)23-12-9-15-24-13-5-2-3-6-14-24/h10-11,18H,2-9,12-17H2,1H3,(H,23,26). The zero-order valence-electron chi connectivity index (χ0n) is 17.7. The average Bonchev–Trinajstić information content (AvgIpc) is 3.01. The van der Waals surface area contributed by atoms with Crippen LogP contribution in [0.2, 0.25) is 0 Å². The summed E-state index contributed by atoms with van der Waals surface area (Å²) < 4.78 is 27.4. The molecule has 0 bridgehead atoms. The number of carbonyl (C=O) groups is 1. The van der Waals surface area contributed by atoms with E-state index in [4.69, 9.17) is 0 Å². The molecule has 0 atom stereocenters. The molecule has 7 heteroatoms. The SMILES string of the molecule is Cc1ccc(S(=O)(=O)N2CCCCC2)cc1C(=O)NCCCN1CCCCCC1. The van der Waals surface area contributed by atoms with Crippen LogP contribution in [0.25, 0.3) is 0 Å². The van der Waals surface area contributed by atoms with E-state index in [2.05, 4.69) is 10.2 Å². The minimum Gasteiger partial charge on any atom is -0.352 e. The Morgan fingerprint density at radius 1 is 0.966 bits per heavy atom. The van der Waals surface area contributed by atoms with Crippen LogP contribution >= 0.6 is 0 Å². The molecule has 1 aromatic carbocycles. The van der Waals surface area contributed by atoms with E-state index >= 15 is 0 Å². The molecule has 6 nitrogen and oxygen atoms in total. The molecule has 0 aromatic heterocycles. The van der Waals surface area contributed by atoms with Gasteiger partial charge in [0.05, 0.1) is 4.90 Å². The van der Waals surface area contributed by atoms with Gasteiger partial charge in [0.2, 0.25) is 10.0 Å². The quantitative estimate of drug-likeness (QED) is 0.687. The number of amides is 1. The van der Waals surface area contributed by atoms with E-state index in [1.807, 2.05) is 6.92 Å². The van der Waals surface area contributed by atoms with Crippen LogP contribution in [-0.2, 0) is 10.0 Å². The summed E-state index contributed by atoms with van der Waals surface area (Å²) in [6, 6.07) is 4.90. The molecule has 1 aromatic rings. The molecule has 29 heavy (non-hydrogen) atoms. The first-order valence-electron chi connectivity index (χ1n) is 11.1. The third kappa shape index (κ3) is 6.03. The van der Waals surface area contributed by atoms with Crippen LogP contribution < -0.4 is 5.32 Å². The molecule has 2 aliphatic rings. The van der Waals surface area contributed by atoms with Crippen LogP contribution in [0.1, 0.15) is 67.3 Å². The lowest BCUT2D eigenvalue weighted by Gasteiger charge is -2.26. The number of likely N-dealkylation sites (tertiary alicyclic amines) is 1. The van der Waals surface area contributed by atoms with Crippen molar-refractivity contribution >= 4 is 15.9 Å². The first-order valence-corrected chi connectivity index (χ1v) is 12.5. The lowest BCUT2D eigenvalue weighted by Crippen LogP contribution is -2.36. The summed E-state index contributed by atoms with van der Waals surface area (Å²) in [5.41, 5.74) is 1.26. The Morgan fingerprint density at radius 3 is 2.28 bits per heavy atom. The van der Waals surface area contributed by atoms with Crippen LogP contribution in [0.3, 0.4) is 0 Å². The first-order chi connectivity index (χ1) is 14.0. The Balaban J connectivity index is 1.57. The van der Waals surface area contributed by atoms with E-state index in [1.54, 1.807) is 22.5 Å².